The molecule has 1 aliphatic rings. The first-order valence-corrected chi connectivity index (χ1v) is 5.82. The van der Waals surface area contributed by atoms with Crippen molar-refractivity contribution in [3.63, 3.8) is 0 Å². The Hall–Kier alpha value is -0.850. The second-order valence-corrected chi connectivity index (χ2v) is 4.56. The van der Waals surface area contributed by atoms with Crippen LogP contribution in [-0.4, -0.2) is 24.0 Å². The van der Waals surface area contributed by atoms with Crippen molar-refractivity contribution in [1.29, 1.82) is 0 Å². The average Bonchev–Trinajstić information content (AvgIpc) is 3.04. The third-order valence-electron chi connectivity index (χ3n) is 2.13. The van der Waals surface area contributed by atoms with Crippen LogP contribution in [0.2, 0.25) is 0 Å². The summed E-state index contributed by atoms with van der Waals surface area (Å²) in [5, 5.41) is 2.58. The van der Waals surface area contributed by atoms with Crippen LogP contribution in [0.25, 0.3) is 0 Å². The lowest BCUT2D eigenvalue weighted by atomic mass is 10.2. The zero-order chi connectivity index (χ0) is 10.8. The highest BCUT2D eigenvalue weighted by molar-refractivity contribution is 14.1. The molecule has 0 aliphatic heterocycles. The summed E-state index contributed by atoms with van der Waals surface area (Å²) in [7, 11) is 1.60. The predicted octanol–water partition coefficient (Wildman–Crippen LogP) is 1.59. The molecule has 0 atom stereocenters. The van der Waals surface area contributed by atoms with Crippen LogP contribution < -0.4 is 10.1 Å². The number of rotatable bonds is 3. The Morgan fingerprint density at radius 1 is 1.60 bits per heavy atom. The van der Waals surface area contributed by atoms with Gasteiger partial charge in [0.1, 0.15) is 11.3 Å². The van der Waals surface area contributed by atoms with Crippen LogP contribution in [0, 0.1) is 3.57 Å². The SMILES string of the molecule is CNC(=O)c1cncc(I)c1OC1CC1. The zero-order valence-electron chi connectivity index (χ0n) is 8.29. The van der Waals surface area contributed by atoms with Gasteiger partial charge in [0.05, 0.1) is 9.67 Å². The van der Waals surface area contributed by atoms with E-state index in [0.717, 1.165) is 16.4 Å². The molecule has 80 valence electrons. The molecule has 15 heavy (non-hydrogen) atoms. The summed E-state index contributed by atoms with van der Waals surface area (Å²) < 4.78 is 6.58. The van der Waals surface area contributed by atoms with Gasteiger partial charge in [-0.2, -0.15) is 0 Å². The van der Waals surface area contributed by atoms with Gasteiger partial charge in [0.25, 0.3) is 5.91 Å². The number of amides is 1. The lowest BCUT2D eigenvalue weighted by Gasteiger charge is -2.10. The largest absolute Gasteiger partial charge is 0.488 e. The summed E-state index contributed by atoms with van der Waals surface area (Å²) in [6, 6.07) is 0. The maximum Gasteiger partial charge on any atom is 0.256 e. The Balaban J connectivity index is 2.33. The number of carbonyl (C=O) groups is 1. The highest BCUT2D eigenvalue weighted by atomic mass is 127. The molecule has 2 rings (SSSR count). The molecule has 4 nitrogen and oxygen atoms in total. The van der Waals surface area contributed by atoms with Crippen LogP contribution in [0.15, 0.2) is 12.4 Å². The third-order valence-corrected chi connectivity index (χ3v) is 2.90. The summed E-state index contributed by atoms with van der Waals surface area (Å²) in [5.41, 5.74) is 0.510. The van der Waals surface area contributed by atoms with Crippen LogP contribution >= 0.6 is 22.6 Å². The van der Waals surface area contributed by atoms with Crippen LogP contribution in [0.3, 0.4) is 0 Å². The van der Waals surface area contributed by atoms with Crippen molar-refractivity contribution in [2.75, 3.05) is 7.05 Å². The van der Waals surface area contributed by atoms with Gasteiger partial charge < -0.3 is 10.1 Å². The van der Waals surface area contributed by atoms with E-state index in [1.54, 1.807) is 19.4 Å². The van der Waals surface area contributed by atoms with Crippen molar-refractivity contribution < 1.29 is 9.53 Å². The molecule has 0 radical (unpaired) electrons. The fourth-order valence-electron chi connectivity index (χ4n) is 1.19. The van der Waals surface area contributed by atoms with Crippen molar-refractivity contribution in [3.8, 4) is 5.75 Å². The number of nitrogens with one attached hydrogen (secondary N) is 1. The van der Waals surface area contributed by atoms with Crippen molar-refractivity contribution in [2.24, 2.45) is 0 Å². The van der Waals surface area contributed by atoms with Crippen molar-refractivity contribution >= 4 is 28.5 Å². The summed E-state index contributed by atoms with van der Waals surface area (Å²) in [5.74, 6) is 0.504. The minimum atomic E-state index is -0.156. The van der Waals surface area contributed by atoms with Gasteiger partial charge in [-0.3, -0.25) is 9.78 Å². The average molecular weight is 318 g/mol. The molecule has 0 saturated heterocycles. The first kappa shape index (κ1) is 10.7. The van der Waals surface area contributed by atoms with E-state index in [4.69, 9.17) is 4.74 Å². The van der Waals surface area contributed by atoms with E-state index < -0.39 is 0 Å². The van der Waals surface area contributed by atoms with Gasteiger partial charge in [-0.05, 0) is 35.4 Å². The van der Waals surface area contributed by atoms with Gasteiger partial charge in [-0.1, -0.05) is 0 Å². The fraction of sp³-hybridized carbons (Fsp3) is 0.400. The van der Waals surface area contributed by atoms with E-state index in [1.165, 1.54) is 0 Å². The van der Waals surface area contributed by atoms with E-state index in [9.17, 15) is 4.79 Å². The standard InChI is InChI=1S/C10H11IN2O2/c1-12-10(14)7-4-13-5-8(11)9(7)15-6-2-3-6/h4-6H,2-3H2,1H3,(H,12,14). The molecule has 0 aromatic carbocycles. The Bertz CT molecular complexity index is 391. The smallest absolute Gasteiger partial charge is 0.256 e. The first-order valence-electron chi connectivity index (χ1n) is 4.74. The van der Waals surface area contributed by atoms with E-state index in [2.05, 4.69) is 32.9 Å². The summed E-state index contributed by atoms with van der Waals surface area (Å²) in [6.45, 7) is 0. The topological polar surface area (TPSA) is 51.2 Å². The van der Waals surface area contributed by atoms with Gasteiger partial charge in [-0.25, -0.2) is 0 Å². The molecule has 0 bridgehead atoms. The monoisotopic (exact) mass is 318 g/mol. The van der Waals surface area contributed by atoms with Gasteiger partial charge in [-0.15, -0.1) is 0 Å². The zero-order valence-corrected chi connectivity index (χ0v) is 10.4. The molecule has 1 aromatic rings. The van der Waals surface area contributed by atoms with E-state index >= 15 is 0 Å². The fourth-order valence-corrected chi connectivity index (χ4v) is 1.77. The molecular formula is C10H11IN2O2. The number of ether oxygens (including phenoxy) is 1. The molecule has 1 N–H and O–H groups in total. The van der Waals surface area contributed by atoms with E-state index in [0.29, 0.717) is 11.3 Å². The van der Waals surface area contributed by atoms with Gasteiger partial charge in [0.15, 0.2) is 0 Å². The maximum atomic E-state index is 11.6. The number of hydrogen-bond donors (Lipinski definition) is 1. The number of hydrogen-bond acceptors (Lipinski definition) is 3. The molecule has 1 fully saturated rings. The number of halogens is 1. The number of carbonyl (C=O) groups excluding carboxylic acids is 1. The van der Waals surface area contributed by atoms with Crippen LogP contribution in [0.1, 0.15) is 23.2 Å². The molecule has 5 heteroatoms. The second kappa shape index (κ2) is 4.34. The lowest BCUT2D eigenvalue weighted by Crippen LogP contribution is -2.20. The van der Waals surface area contributed by atoms with Gasteiger partial charge in [0.2, 0.25) is 0 Å². The van der Waals surface area contributed by atoms with Crippen LogP contribution in [-0.2, 0) is 0 Å². The molecule has 1 saturated carbocycles. The molecule has 0 unspecified atom stereocenters. The van der Waals surface area contributed by atoms with E-state index in [-0.39, 0.29) is 12.0 Å². The lowest BCUT2D eigenvalue weighted by molar-refractivity contribution is 0.0958. The third kappa shape index (κ3) is 2.39. The summed E-state index contributed by atoms with van der Waals surface area (Å²) in [6.07, 6.45) is 5.67. The number of aromatic nitrogens is 1. The Morgan fingerprint density at radius 3 is 2.93 bits per heavy atom. The Labute approximate surface area is 102 Å². The van der Waals surface area contributed by atoms with Crippen molar-refractivity contribution in [2.45, 2.75) is 18.9 Å². The number of pyridine rings is 1. The quantitative estimate of drug-likeness (QED) is 0.861. The van der Waals surface area contributed by atoms with Crippen molar-refractivity contribution in [1.82, 2.24) is 10.3 Å². The minimum Gasteiger partial charge on any atom is -0.488 e. The molecular weight excluding hydrogens is 307 g/mol. The van der Waals surface area contributed by atoms with Crippen LogP contribution in [0.4, 0.5) is 0 Å². The normalized spacial score (nSPS) is 14.8. The molecule has 1 aromatic heterocycles. The summed E-state index contributed by atoms with van der Waals surface area (Å²) >= 11 is 2.13. The second-order valence-electron chi connectivity index (χ2n) is 3.39. The van der Waals surface area contributed by atoms with Gasteiger partial charge in [0, 0.05) is 19.4 Å². The molecule has 0 spiro atoms. The van der Waals surface area contributed by atoms with E-state index in [1.807, 2.05) is 0 Å². The molecule has 1 aliphatic carbocycles. The number of nitrogens with zero attached hydrogens (tertiary/aromatic N) is 1. The minimum absolute atomic E-state index is 0.156. The Kier molecular flexibility index (Phi) is 3.08. The predicted molar refractivity (Wildman–Crippen MR) is 64.0 cm³/mol. The Morgan fingerprint density at radius 2 is 2.33 bits per heavy atom. The van der Waals surface area contributed by atoms with Crippen LogP contribution in [0.5, 0.6) is 5.75 Å². The highest BCUT2D eigenvalue weighted by Gasteiger charge is 2.27. The highest BCUT2D eigenvalue weighted by Crippen LogP contribution is 2.32. The first-order chi connectivity index (χ1) is 7.22. The van der Waals surface area contributed by atoms with Gasteiger partial charge >= 0.3 is 0 Å². The maximum absolute atomic E-state index is 11.6. The molecule has 1 heterocycles. The summed E-state index contributed by atoms with van der Waals surface area (Å²) in [4.78, 5) is 15.5. The van der Waals surface area contributed by atoms with Crippen molar-refractivity contribution in [3.05, 3.63) is 21.5 Å². The molecule has 1 amide bonds.